The Morgan fingerprint density at radius 2 is 1.13 bits per heavy atom. The van der Waals surface area contributed by atoms with Crippen LogP contribution in [0.1, 0.15) is 299 Å². The highest BCUT2D eigenvalue weighted by Crippen LogP contribution is 2.58. The predicted molar refractivity (Wildman–Crippen MR) is 289 cm³/mol. The quantitative estimate of drug-likeness (QED) is 0.0951. The first kappa shape index (κ1) is 63.8. The number of rotatable bonds is 18. The van der Waals surface area contributed by atoms with E-state index in [-0.39, 0.29) is 14.9 Å². The van der Waals surface area contributed by atoms with Crippen molar-refractivity contribution in [3.8, 4) is 0 Å². The van der Waals surface area contributed by atoms with Crippen LogP contribution in [0.5, 0.6) is 0 Å². The Morgan fingerprint density at radius 1 is 0.565 bits per heavy atom. The highest BCUT2D eigenvalue weighted by Gasteiger charge is 2.50. The molecule has 0 bridgehead atoms. The minimum Gasteiger partial charge on any atom is -0.0776 e. The highest BCUT2D eigenvalue weighted by molar-refractivity contribution is 5.16. The summed E-state index contributed by atoms with van der Waals surface area (Å²) in [4.78, 5) is 0. The Balaban J connectivity index is 0. The van der Waals surface area contributed by atoms with E-state index >= 15 is 0 Å². The number of hydrogen-bond donors (Lipinski definition) is 0. The molecule has 0 aliphatic heterocycles. The standard InChI is InChI=1S/C51H92.C3H8.3C2H6.2CH4/c1-10-14-15-23-40(11-2)30-32-45-39(9)50(38(8)44(13-4)51(45)37(7)33-42-24-17-16-22-35(42)5)36(6)29-31-41(12-3)49-34-43-25-18-19-26-46(43)47-27-20-21-28-48(47)49;1-3-2;3*1-2;;/h36-41,43-51H,10-34H2,1-9H3;3H2,1-2H3;3*1-2H3;2*1H4. The predicted octanol–water partition coefficient (Wildman–Crippen LogP) is 22.3. The van der Waals surface area contributed by atoms with Crippen molar-refractivity contribution < 1.29 is 0 Å². The third-order valence-corrected chi connectivity index (χ3v) is 18.1. The van der Waals surface area contributed by atoms with Gasteiger partial charge in [0, 0.05) is 0 Å². The molecule has 5 aliphatic carbocycles. The van der Waals surface area contributed by atoms with Crippen molar-refractivity contribution in [2.45, 2.75) is 299 Å². The van der Waals surface area contributed by atoms with E-state index in [0.29, 0.717) is 0 Å². The van der Waals surface area contributed by atoms with Crippen LogP contribution in [0.25, 0.3) is 0 Å². The Morgan fingerprint density at radius 3 is 1.69 bits per heavy atom. The molecule has 0 aromatic heterocycles. The number of hydrogen-bond acceptors (Lipinski definition) is 0. The summed E-state index contributed by atoms with van der Waals surface area (Å²) < 4.78 is 0. The van der Waals surface area contributed by atoms with Crippen molar-refractivity contribution in [1.82, 2.24) is 0 Å². The Labute approximate surface area is 397 Å². The molecule has 374 valence electrons. The maximum atomic E-state index is 2.80. The third-order valence-electron chi connectivity index (χ3n) is 18.1. The maximum Gasteiger partial charge on any atom is -0.0289 e. The number of unbranched alkanes of at least 4 members (excludes halogenated alkanes) is 2. The molecule has 4 fully saturated rings. The molecule has 0 heteroatoms. The summed E-state index contributed by atoms with van der Waals surface area (Å²) in [7, 11) is 0. The van der Waals surface area contributed by atoms with Gasteiger partial charge in [-0.15, -0.1) is 0 Å². The van der Waals surface area contributed by atoms with E-state index in [1.807, 2.05) is 47.1 Å². The topological polar surface area (TPSA) is 0 Å². The first-order valence-corrected chi connectivity index (χ1v) is 28.8. The minimum absolute atomic E-state index is 0. The van der Waals surface area contributed by atoms with Crippen LogP contribution in [-0.4, -0.2) is 0 Å². The lowest BCUT2D eigenvalue weighted by Crippen LogP contribution is -2.49. The van der Waals surface area contributed by atoms with Crippen molar-refractivity contribution in [3.05, 3.63) is 11.1 Å². The van der Waals surface area contributed by atoms with Gasteiger partial charge in [-0.3, -0.25) is 0 Å². The van der Waals surface area contributed by atoms with Crippen molar-refractivity contribution >= 4 is 0 Å². The normalized spacial score (nSPS) is 32.2. The molecule has 0 spiro atoms. The number of allylic oxidation sites excluding steroid dienone is 2. The van der Waals surface area contributed by atoms with Crippen LogP contribution >= 0.6 is 0 Å². The summed E-state index contributed by atoms with van der Waals surface area (Å²) in [5.41, 5.74) is 3.64. The van der Waals surface area contributed by atoms with E-state index in [4.69, 9.17) is 0 Å². The molecule has 0 N–H and O–H groups in total. The highest BCUT2D eigenvalue weighted by atomic mass is 14.6. The fourth-order valence-electron chi connectivity index (χ4n) is 15.4. The third kappa shape index (κ3) is 18.4. The molecule has 0 aromatic carbocycles. The van der Waals surface area contributed by atoms with Gasteiger partial charge < -0.3 is 0 Å². The molecule has 4 saturated carbocycles. The summed E-state index contributed by atoms with van der Waals surface area (Å²) in [6.45, 7) is 39.8. The largest absolute Gasteiger partial charge is 0.0776 e. The molecular weight excluding hydrogens is 745 g/mol. The monoisotopic (exact) mass is 871 g/mol. The van der Waals surface area contributed by atoms with Crippen LogP contribution in [-0.2, 0) is 0 Å². The van der Waals surface area contributed by atoms with Gasteiger partial charge in [0.15, 0.2) is 0 Å². The summed E-state index contributed by atoms with van der Waals surface area (Å²) >= 11 is 0. The molecule has 0 saturated heterocycles. The summed E-state index contributed by atoms with van der Waals surface area (Å²) in [6.07, 6.45) is 38.4. The van der Waals surface area contributed by atoms with Gasteiger partial charge in [-0.25, -0.2) is 0 Å². The van der Waals surface area contributed by atoms with Crippen molar-refractivity contribution in [3.63, 3.8) is 0 Å². The lowest BCUT2D eigenvalue weighted by molar-refractivity contribution is -0.0635. The molecule has 5 aliphatic rings. The molecule has 0 nitrogen and oxygen atoms in total. The SMILES string of the molecule is C.C.CC.CC.CC.CCC.CCCCCC(CC)CCC1C(C)C(C(C)CCC(CC)C2CC3CCCCC3C3CCCCC23)C(C)C(CC)C1C(C)CC1=C(C)CCCC1. The second kappa shape index (κ2) is 36.8. The molecule has 0 amide bonds. The maximum absolute atomic E-state index is 2.80. The van der Waals surface area contributed by atoms with Gasteiger partial charge in [0.25, 0.3) is 0 Å². The molecule has 15 atom stereocenters. The molecule has 5 rings (SSSR count). The summed E-state index contributed by atoms with van der Waals surface area (Å²) in [5, 5.41) is 0. The van der Waals surface area contributed by atoms with E-state index in [9.17, 15) is 0 Å². The van der Waals surface area contributed by atoms with Crippen LogP contribution in [0.2, 0.25) is 0 Å². The Kier molecular flexibility index (Phi) is 37.9. The first-order chi connectivity index (χ1) is 29.1. The van der Waals surface area contributed by atoms with Crippen molar-refractivity contribution in [2.75, 3.05) is 0 Å². The average Bonchev–Trinajstić information content (AvgIpc) is 3.28. The molecule has 0 heterocycles. The minimum atomic E-state index is 0. The first-order valence-electron chi connectivity index (χ1n) is 28.8. The van der Waals surface area contributed by atoms with Gasteiger partial charge in [0.2, 0.25) is 0 Å². The van der Waals surface area contributed by atoms with Gasteiger partial charge in [-0.2, -0.15) is 0 Å². The van der Waals surface area contributed by atoms with Gasteiger partial charge in [-0.05, 0) is 166 Å². The second-order valence-electron chi connectivity index (χ2n) is 21.4. The van der Waals surface area contributed by atoms with Crippen LogP contribution < -0.4 is 0 Å². The van der Waals surface area contributed by atoms with Crippen molar-refractivity contribution in [2.24, 2.45) is 88.8 Å². The Bertz CT molecular complexity index is 1030. The van der Waals surface area contributed by atoms with E-state index < -0.39 is 0 Å². The van der Waals surface area contributed by atoms with Crippen LogP contribution in [0.4, 0.5) is 0 Å². The zero-order valence-corrected chi connectivity index (χ0v) is 45.0. The van der Waals surface area contributed by atoms with Gasteiger partial charge >= 0.3 is 0 Å². The zero-order chi connectivity index (χ0) is 45.2. The Hall–Kier alpha value is -0.260. The lowest BCUT2D eigenvalue weighted by Gasteiger charge is -2.55. The van der Waals surface area contributed by atoms with Gasteiger partial charge in [0.1, 0.15) is 0 Å². The second-order valence-corrected chi connectivity index (χ2v) is 21.4. The smallest absolute Gasteiger partial charge is 0.0289 e. The van der Waals surface area contributed by atoms with E-state index in [0.717, 1.165) is 88.8 Å². The van der Waals surface area contributed by atoms with Gasteiger partial charge in [0.05, 0.1) is 0 Å². The lowest BCUT2D eigenvalue weighted by atomic mass is 9.50. The van der Waals surface area contributed by atoms with Crippen LogP contribution in [0.3, 0.4) is 0 Å². The molecule has 0 aromatic rings. The molecule has 62 heavy (non-hydrogen) atoms. The van der Waals surface area contributed by atoms with Crippen molar-refractivity contribution in [1.29, 1.82) is 0 Å². The van der Waals surface area contributed by atoms with E-state index in [2.05, 4.69) is 76.2 Å². The average molecular weight is 872 g/mol. The van der Waals surface area contributed by atoms with E-state index in [1.54, 1.807) is 37.7 Å². The van der Waals surface area contributed by atoms with E-state index in [1.165, 1.54) is 135 Å². The molecule has 0 radical (unpaired) electrons. The van der Waals surface area contributed by atoms with Crippen LogP contribution in [0.15, 0.2) is 11.1 Å². The zero-order valence-electron chi connectivity index (χ0n) is 45.0. The molecular formula is C62H126. The molecule has 15 unspecified atom stereocenters. The van der Waals surface area contributed by atoms with Crippen LogP contribution in [0, 0.1) is 88.8 Å². The fourth-order valence-corrected chi connectivity index (χ4v) is 15.4. The summed E-state index contributed by atoms with van der Waals surface area (Å²) in [6, 6.07) is 0. The van der Waals surface area contributed by atoms with Gasteiger partial charge in [-0.1, -0.05) is 233 Å². The number of fused-ring (bicyclic) bond motifs is 3. The fraction of sp³-hybridized carbons (Fsp3) is 0.968. The summed E-state index contributed by atoms with van der Waals surface area (Å²) in [5.74, 6) is 14.5.